The molecular formula is C48H27NS. The molecule has 50 heavy (non-hydrogen) atoms. The lowest BCUT2D eigenvalue weighted by Gasteiger charge is -2.12. The van der Waals surface area contributed by atoms with E-state index >= 15 is 0 Å². The molecule has 12 aromatic rings. The van der Waals surface area contributed by atoms with Crippen molar-refractivity contribution in [1.29, 1.82) is 0 Å². The van der Waals surface area contributed by atoms with Gasteiger partial charge in [-0.05, 0) is 72.8 Å². The van der Waals surface area contributed by atoms with Crippen LogP contribution < -0.4 is 0 Å². The summed E-state index contributed by atoms with van der Waals surface area (Å²) in [5.41, 5.74) is 8.95. The minimum atomic E-state index is 1.25. The summed E-state index contributed by atoms with van der Waals surface area (Å²) in [5.74, 6) is 0. The first-order valence-corrected chi connectivity index (χ1v) is 18.1. The van der Waals surface area contributed by atoms with Gasteiger partial charge >= 0.3 is 0 Å². The van der Waals surface area contributed by atoms with E-state index in [0.717, 1.165) is 0 Å². The van der Waals surface area contributed by atoms with Gasteiger partial charge in [-0.25, -0.2) is 0 Å². The molecule has 12 rings (SSSR count). The van der Waals surface area contributed by atoms with Crippen LogP contribution in [0.4, 0.5) is 0 Å². The predicted molar refractivity (Wildman–Crippen MR) is 217 cm³/mol. The van der Waals surface area contributed by atoms with Gasteiger partial charge in [-0.15, -0.1) is 11.3 Å². The molecule has 0 saturated carbocycles. The number of thiophene rings is 1. The molecule has 3 aromatic heterocycles. The van der Waals surface area contributed by atoms with Gasteiger partial charge < -0.3 is 4.40 Å². The lowest BCUT2D eigenvalue weighted by molar-refractivity contribution is 1.37. The molecule has 0 aliphatic carbocycles. The molecule has 230 valence electrons. The van der Waals surface area contributed by atoms with Crippen LogP contribution in [0, 0.1) is 0 Å². The number of hydrogen-bond donors (Lipinski definition) is 0. The maximum atomic E-state index is 2.48. The Kier molecular flexibility index (Phi) is 5.18. The van der Waals surface area contributed by atoms with Crippen LogP contribution in [0.5, 0.6) is 0 Å². The van der Waals surface area contributed by atoms with Gasteiger partial charge in [0.15, 0.2) is 0 Å². The topological polar surface area (TPSA) is 4.41 Å². The molecule has 0 N–H and O–H groups in total. The highest BCUT2D eigenvalue weighted by molar-refractivity contribution is 7.26. The van der Waals surface area contributed by atoms with Crippen molar-refractivity contribution < 1.29 is 0 Å². The van der Waals surface area contributed by atoms with Gasteiger partial charge in [0.25, 0.3) is 0 Å². The molecule has 0 unspecified atom stereocenters. The van der Waals surface area contributed by atoms with E-state index in [-0.39, 0.29) is 0 Å². The maximum Gasteiger partial charge on any atom is 0.0620 e. The number of para-hydroxylation sites is 2. The number of hydrogen-bond acceptors (Lipinski definition) is 1. The summed E-state index contributed by atoms with van der Waals surface area (Å²) in [5, 5.41) is 15.8. The van der Waals surface area contributed by atoms with Crippen molar-refractivity contribution >= 4 is 102 Å². The molecule has 0 aliphatic rings. The largest absolute Gasteiger partial charge is 0.308 e. The Bertz CT molecular complexity index is 3340. The highest BCUT2D eigenvalue weighted by atomic mass is 32.1. The molecular weight excluding hydrogens is 623 g/mol. The van der Waals surface area contributed by atoms with Crippen LogP contribution in [0.3, 0.4) is 0 Å². The van der Waals surface area contributed by atoms with E-state index in [1.807, 2.05) is 11.3 Å². The summed E-state index contributed by atoms with van der Waals surface area (Å²) >= 11 is 1.93. The number of benzene rings is 9. The van der Waals surface area contributed by atoms with Crippen molar-refractivity contribution in [2.75, 3.05) is 0 Å². The fourth-order valence-corrected chi connectivity index (χ4v) is 10.3. The van der Waals surface area contributed by atoms with Gasteiger partial charge in [-0.1, -0.05) is 146 Å². The summed E-state index contributed by atoms with van der Waals surface area (Å²) in [6.07, 6.45) is 0. The van der Waals surface area contributed by atoms with Gasteiger partial charge in [0, 0.05) is 41.7 Å². The first-order valence-electron chi connectivity index (χ1n) is 17.3. The van der Waals surface area contributed by atoms with Crippen molar-refractivity contribution in [3.05, 3.63) is 164 Å². The average molecular weight is 650 g/mol. The second-order valence-corrected chi connectivity index (χ2v) is 14.6. The Morgan fingerprint density at radius 1 is 0.300 bits per heavy atom. The minimum absolute atomic E-state index is 1.25. The van der Waals surface area contributed by atoms with Crippen molar-refractivity contribution in [2.45, 2.75) is 0 Å². The van der Waals surface area contributed by atoms with Crippen LogP contribution in [0.1, 0.15) is 0 Å². The van der Waals surface area contributed by atoms with Gasteiger partial charge in [-0.3, -0.25) is 0 Å². The van der Waals surface area contributed by atoms with Gasteiger partial charge in [-0.2, -0.15) is 0 Å². The molecule has 0 aliphatic heterocycles. The zero-order chi connectivity index (χ0) is 32.5. The molecule has 0 spiro atoms. The molecule has 0 fully saturated rings. The van der Waals surface area contributed by atoms with Gasteiger partial charge in [0.2, 0.25) is 0 Å². The van der Waals surface area contributed by atoms with Gasteiger partial charge in [0.1, 0.15) is 0 Å². The normalized spacial score (nSPS) is 12.4. The summed E-state index contributed by atoms with van der Waals surface area (Å²) in [6.45, 7) is 0. The van der Waals surface area contributed by atoms with E-state index in [9.17, 15) is 0 Å². The van der Waals surface area contributed by atoms with Crippen molar-refractivity contribution in [1.82, 2.24) is 4.40 Å². The standard InChI is InChI=1S/C48H27NS/c1-2-12-34-32(10-1)33-11-3-4-13-35(33)43-26-28(22-24-36(34)43)30-15-7-19-41-42-20-8-16-31(48(42)50-47(30)41)29-23-25-38-40-18-9-17-39-37-14-5-6-21-44(37)49(46(39)40)45(38)27-29/h1-27H. The quantitative estimate of drug-likeness (QED) is 0.164. The van der Waals surface area contributed by atoms with Crippen molar-refractivity contribution in [3.8, 4) is 22.3 Å². The summed E-state index contributed by atoms with van der Waals surface area (Å²) in [7, 11) is 0. The summed E-state index contributed by atoms with van der Waals surface area (Å²) in [6, 6.07) is 61.0. The van der Waals surface area contributed by atoms with E-state index in [1.165, 1.54) is 113 Å². The third kappa shape index (κ3) is 3.41. The Hall–Kier alpha value is -6.22. The number of aromatic nitrogens is 1. The summed E-state index contributed by atoms with van der Waals surface area (Å²) < 4.78 is 5.16. The highest BCUT2D eigenvalue weighted by Crippen LogP contribution is 2.46. The predicted octanol–water partition coefficient (Wildman–Crippen LogP) is 14.0. The molecule has 2 heteroatoms. The van der Waals surface area contributed by atoms with Crippen LogP contribution in [0.2, 0.25) is 0 Å². The maximum absolute atomic E-state index is 2.48. The van der Waals surface area contributed by atoms with E-state index in [4.69, 9.17) is 0 Å². The molecule has 0 bridgehead atoms. The van der Waals surface area contributed by atoms with E-state index in [0.29, 0.717) is 0 Å². The third-order valence-electron chi connectivity index (χ3n) is 11.1. The highest BCUT2D eigenvalue weighted by Gasteiger charge is 2.19. The third-order valence-corrected chi connectivity index (χ3v) is 12.4. The fraction of sp³-hybridized carbons (Fsp3) is 0. The van der Waals surface area contributed by atoms with Crippen LogP contribution in [0.25, 0.3) is 113 Å². The van der Waals surface area contributed by atoms with Crippen molar-refractivity contribution in [2.24, 2.45) is 0 Å². The summed E-state index contributed by atoms with van der Waals surface area (Å²) in [4.78, 5) is 0. The molecule has 0 radical (unpaired) electrons. The second-order valence-electron chi connectivity index (χ2n) is 13.6. The van der Waals surface area contributed by atoms with Crippen LogP contribution in [-0.2, 0) is 0 Å². The number of fused-ring (bicyclic) bond motifs is 15. The Morgan fingerprint density at radius 3 is 1.38 bits per heavy atom. The first-order chi connectivity index (χ1) is 24.8. The minimum Gasteiger partial charge on any atom is -0.308 e. The molecule has 1 nitrogen and oxygen atoms in total. The van der Waals surface area contributed by atoms with E-state index in [1.54, 1.807) is 0 Å². The SMILES string of the molecule is c1cc(-c2ccc3c4ccccc4c4ccccc4c3c2)c2sc3c(-c4ccc5c6cccc7c8ccccc8n(c5c4)c76)cccc3c2c1. The molecule has 0 atom stereocenters. The monoisotopic (exact) mass is 649 g/mol. The fourth-order valence-electron chi connectivity index (χ4n) is 8.95. The van der Waals surface area contributed by atoms with Crippen LogP contribution in [-0.4, -0.2) is 4.40 Å². The Morgan fingerprint density at radius 2 is 0.740 bits per heavy atom. The molecule has 0 amide bonds. The number of nitrogens with zero attached hydrogens (tertiary/aromatic N) is 1. The lowest BCUT2D eigenvalue weighted by atomic mass is 9.92. The second kappa shape index (κ2) is 9.69. The lowest BCUT2D eigenvalue weighted by Crippen LogP contribution is -1.85. The van der Waals surface area contributed by atoms with Gasteiger partial charge in [0.05, 0.1) is 16.6 Å². The molecule has 9 aromatic carbocycles. The average Bonchev–Trinajstić information content (AvgIpc) is 3.85. The Labute approximate surface area is 291 Å². The zero-order valence-electron chi connectivity index (χ0n) is 26.9. The first kappa shape index (κ1) is 26.7. The molecule has 3 heterocycles. The van der Waals surface area contributed by atoms with Crippen LogP contribution >= 0.6 is 11.3 Å². The van der Waals surface area contributed by atoms with Crippen molar-refractivity contribution in [3.63, 3.8) is 0 Å². The van der Waals surface area contributed by atoms with Crippen LogP contribution in [0.15, 0.2) is 164 Å². The molecule has 0 saturated heterocycles. The number of rotatable bonds is 2. The van der Waals surface area contributed by atoms with E-state index < -0.39 is 0 Å². The smallest absolute Gasteiger partial charge is 0.0620 e. The van der Waals surface area contributed by atoms with E-state index in [2.05, 4.69) is 168 Å². The zero-order valence-corrected chi connectivity index (χ0v) is 27.8. The Balaban J connectivity index is 1.09.